The van der Waals surface area contributed by atoms with Gasteiger partial charge in [0.05, 0.1) is 12.2 Å². The molecule has 1 N–H and O–H groups in total. The van der Waals surface area contributed by atoms with E-state index in [1.807, 2.05) is 11.8 Å². The van der Waals surface area contributed by atoms with Crippen LogP contribution in [0, 0.1) is 0 Å². The average Bonchev–Trinajstić information content (AvgIpc) is 3.03. The number of piperazine rings is 1. The monoisotopic (exact) mass is 339 g/mol. The maximum Gasteiger partial charge on any atom is 0.267 e. The van der Waals surface area contributed by atoms with Gasteiger partial charge in [-0.05, 0) is 24.4 Å². The molecule has 0 atom stereocenters. The first kappa shape index (κ1) is 17.8. The Labute approximate surface area is 141 Å². The average molecular weight is 339 g/mol. The highest BCUT2D eigenvalue weighted by Gasteiger charge is 2.26. The number of rotatable bonds is 7. The van der Waals surface area contributed by atoms with Gasteiger partial charge >= 0.3 is 0 Å². The minimum absolute atomic E-state index is 0.0175. The number of unbranched alkanes of at least 4 members (excludes halogenated alkanes) is 1. The first-order chi connectivity index (χ1) is 11.2. The van der Waals surface area contributed by atoms with Gasteiger partial charge in [0.1, 0.15) is 4.88 Å². The first-order valence-corrected chi connectivity index (χ1v) is 9.02. The molecule has 0 bridgehead atoms. The van der Waals surface area contributed by atoms with Gasteiger partial charge in [0.15, 0.2) is 0 Å². The Morgan fingerprint density at radius 2 is 1.96 bits per heavy atom. The quantitative estimate of drug-likeness (QED) is 0.743. The highest BCUT2D eigenvalue weighted by molar-refractivity contribution is 7.08. The largest absolute Gasteiger partial charge is 0.355 e. The highest BCUT2D eigenvalue weighted by Crippen LogP contribution is 2.15. The third kappa shape index (κ3) is 4.97. The summed E-state index contributed by atoms with van der Waals surface area (Å²) >= 11 is 1.17. The van der Waals surface area contributed by atoms with Crippen LogP contribution in [0.2, 0.25) is 0 Å². The molecule has 1 aliphatic heterocycles. The summed E-state index contributed by atoms with van der Waals surface area (Å²) in [5.41, 5.74) is 0.776. The molecule has 2 amide bonds. The Kier molecular flexibility index (Phi) is 6.91. The van der Waals surface area contributed by atoms with Crippen LogP contribution in [0.15, 0.2) is 0 Å². The molecule has 1 fully saturated rings. The number of aromatic nitrogens is 2. The SMILES string of the molecule is CCCCNC(=O)CN1CCN(C(=O)c2snnc2CC)CC1. The molecule has 2 heterocycles. The second-order valence-electron chi connectivity index (χ2n) is 5.67. The van der Waals surface area contributed by atoms with Crippen molar-refractivity contribution in [3.05, 3.63) is 10.6 Å². The molecule has 1 aliphatic rings. The maximum atomic E-state index is 12.5. The lowest BCUT2D eigenvalue weighted by Crippen LogP contribution is -2.51. The van der Waals surface area contributed by atoms with Crippen LogP contribution in [0.3, 0.4) is 0 Å². The zero-order valence-electron chi connectivity index (χ0n) is 13.9. The molecular formula is C15H25N5O2S. The van der Waals surface area contributed by atoms with Crippen LogP contribution in [0.4, 0.5) is 0 Å². The van der Waals surface area contributed by atoms with Crippen molar-refractivity contribution in [1.82, 2.24) is 24.7 Å². The van der Waals surface area contributed by atoms with Gasteiger partial charge in [0, 0.05) is 32.7 Å². The van der Waals surface area contributed by atoms with E-state index in [-0.39, 0.29) is 11.8 Å². The number of amides is 2. The summed E-state index contributed by atoms with van der Waals surface area (Å²) in [6, 6.07) is 0. The van der Waals surface area contributed by atoms with Gasteiger partial charge in [-0.3, -0.25) is 14.5 Å². The van der Waals surface area contributed by atoms with Crippen molar-refractivity contribution >= 4 is 23.3 Å². The van der Waals surface area contributed by atoms with E-state index in [0.717, 1.165) is 44.6 Å². The molecule has 128 valence electrons. The molecule has 23 heavy (non-hydrogen) atoms. The molecule has 2 rings (SSSR count). The summed E-state index contributed by atoms with van der Waals surface area (Å²) in [5, 5.41) is 6.92. The van der Waals surface area contributed by atoms with Crippen molar-refractivity contribution in [3.63, 3.8) is 0 Å². The third-order valence-electron chi connectivity index (χ3n) is 3.96. The zero-order valence-corrected chi connectivity index (χ0v) is 14.7. The van der Waals surface area contributed by atoms with Crippen molar-refractivity contribution < 1.29 is 9.59 Å². The predicted molar refractivity (Wildman–Crippen MR) is 89.5 cm³/mol. The van der Waals surface area contributed by atoms with Crippen molar-refractivity contribution in [3.8, 4) is 0 Å². The van der Waals surface area contributed by atoms with Gasteiger partial charge in [-0.25, -0.2) is 0 Å². The zero-order chi connectivity index (χ0) is 16.7. The number of aryl methyl sites for hydroxylation is 1. The second-order valence-corrected chi connectivity index (χ2v) is 6.43. The molecule has 8 heteroatoms. The van der Waals surface area contributed by atoms with E-state index in [4.69, 9.17) is 0 Å². The van der Waals surface area contributed by atoms with E-state index in [2.05, 4.69) is 26.7 Å². The second kappa shape index (κ2) is 8.93. The number of nitrogens with zero attached hydrogens (tertiary/aromatic N) is 4. The summed E-state index contributed by atoms with van der Waals surface area (Å²) in [6.07, 6.45) is 2.80. The molecular weight excluding hydrogens is 314 g/mol. The Balaban J connectivity index is 1.77. The smallest absolute Gasteiger partial charge is 0.267 e. The van der Waals surface area contributed by atoms with Gasteiger partial charge in [0.2, 0.25) is 5.91 Å². The van der Waals surface area contributed by atoms with Crippen molar-refractivity contribution in [1.29, 1.82) is 0 Å². The normalized spacial score (nSPS) is 15.7. The van der Waals surface area contributed by atoms with Crippen LogP contribution < -0.4 is 5.32 Å². The summed E-state index contributed by atoms with van der Waals surface area (Å²) in [7, 11) is 0. The van der Waals surface area contributed by atoms with Crippen molar-refractivity contribution in [2.24, 2.45) is 0 Å². The Morgan fingerprint density at radius 3 is 2.61 bits per heavy atom. The van der Waals surface area contributed by atoms with E-state index in [9.17, 15) is 9.59 Å². The maximum absolute atomic E-state index is 12.5. The van der Waals surface area contributed by atoms with Crippen molar-refractivity contribution in [2.45, 2.75) is 33.1 Å². The van der Waals surface area contributed by atoms with Crippen LogP contribution in [0.25, 0.3) is 0 Å². The Morgan fingerprint density at radius 1 is 1.22 bits per heavy atom. The topological polar surface area (TPSA) is 78.4 Å². The van der Waals surface area contributed by atoms with Crippen LogP contribution in [-0.4, -0.2) is 70.5 Å². The molecule has 1 aromatic rings. The Hall–Kier alpha value is -1.54. The summed E-state index contributed by atoms with van der Waals surface area (Å²) in [5.74, 6) is 0.0852. The number of carbonyl (C=O) groups excluding carboxylic acids is 2. The lowest BCUT2D eigenvalue weighted by Gasteiger charge is -2.34. The summed E-state index contributed by atoms with van der Waals surface area (Å²) < 4.78 is 3.88. The molecule has 0 unspecified atom stereocenters. The van der Waals surface area contributed by atoms with Crippen LogP contribution in [0.5, 0.6) is 0 Å². The minimum Gasteiger partial charge on any atom is -0.355 e. The van der Waals surface area contributed by atoms with E-state index in [1.165, 1.54) is 11.5 Å². The number of hydrogen-bond donors (Lipinski definition) is 1. The lowest BCUT2D eigenvalue weighted by molar-refractivity contribution is -0.122. The first-order valence-electron chi connectivity index (χ1n) is 8.25. The van der Waals surface area contributed by atoms with E-state index >= 15 is 0 Å². The van der Waals surface area contributed by atoms with Crippen LogP contribution in [-0.2, 0) is 11.2 Å². The van der Waals surface area contributed by atoms with Crippen LogP contribution >= 0.6 is 11.5 Å². The van der Waals surface area contributed by atoms with Gasteiger partial charge in [-0.15, -0.1) is 5.10 Å². The van der Waals surface area contributed by atoms with E-state index < -0.39 is 0 Å². The molecule has 0 saturated carbocycles. The third-order valence-corrected chi connectivity index (χ3v) is 4.72. The fourth-order valence-electron chi connectivity index (χ4n) is 2.52. The molecule has 0 radical (unpaired) electrons. The van der Waals surface area contributed by atoms with Gasteiger partial charge in [0.25, 0.3) is 5.91 Å². The molecule has 0 aromatic carbocycles. The van der Waals surface area contributed by atoms with Gasteiger partial charge < -0.3 is 10.2 Å². The molecule has 7 nitrogen and oxygen atoms in total. The minimum atomic E-state index is 0.0175. The Bertz CT molecular complexity index is 526. The highest BCUT2D eigenvalue weighted by atomic mass is 32.1. The molecule has 1 aromatic heterocycles. The predicted octanol–water partition coefficient (Wildman–Crippen LogP) is 0.775. The van der Waals surface area contributed by atoms with Crippen LogP contribution in [0.1, 0.15) is 42.1 Å². The van der Waals surface area contributed by atoms with Crippen molar-refractivity contribution in [2.75, 3.05) is 39.3 Å². The number of hydrogen-bond acceptors (Lipinski definition) is 6. The standard InChI is InChI=1S/C15H25N5O2S/c1-3-5-6-16-13(21)11-19-7-9-20(10-8-19)15(22)14-12(4-2)17-18-23-14/h3-11H2,1-2H3,(H,16,21). The van der Waals surface area contributed by atoms with Gasteiger partial charge in [-0.2, -0.15) is 0 Å². The molecule has 0 aliphatic carbocycles. The fraction of sp³-hybridized carbons (Fsp3) is 0.733. The summed E-state index contributed by atoms with van der Waals surface area (Å²) in [6.45, 7) is 7.96. The summed E-state index contributed by atoms with van der Waals surface area (Å²) in [4.78, 5) is 28.9. The molecule has 1 saturated heterocycles. The number of carbonyl (C=O) groups is 2. The van der Waals surface area contributed by atoms with E-state index in [0.29, 0.717) is 24.5 Å². The fourth-order valence-corrected chi connectivity index (χ4v) is 3.24. The molecule has 0 spiro atoms. The van der Waals surface area contributed by atoms with Gasteiger partial charge in [-0.1, -0.05) is 24.8 Å². The van der Waals surface area contributed by atoms with E-state index in [1.54, 1.807) is 0 Å². The number of nitrogens with one attached hydrogen (secondary N) is 1. The lowest BCUT2D eigenvalue weighted by atomic mass is 10.2.